The van der Waals surface area contributed by atoms with Crippen molar-refractivity contribution in [2.24, 2.45) is 0 Å². The number of H-pyrrole nitrogens is 1. The fourth-order valence-electron chi connectivity index (χ4n) is 3.70. The van der Waals surface area contributed by atoms with Gasteiger partial charge in [0.15, 0.2) is 6.23 Å². The molecule has 0 radical (unpaired) electrons. The van der Waals surface area contributed by atoms with Gasteiger partial charge in [-0.1, -0.05) is 0 Å². The number of aromatic amines is 1. The lowest BCUT2D eigenvalue weighted by Gasteiger charge is -2.43. The number of hydrogen-bond acceptors (Lipinski definition) is 9. The quantitative estimate of drug-likeness (QED) is 0.377. The molecule has 2 aliphatic heterocycles. The first-order valence-electron chi connectivity index (χ1n) is 11.3. The van der Waals surface area contributed by atoms with E-state index in [1.165, 1.54) is 20.1 Å². The first kappa shape index (κ1) is 28.4. The number of hydrogen-bond donors (Lipinski definition) is 2. The van der Waals surface area contributed by atoms with E-state index in [1.807, 2.05) is 0 Å². The monoisotopic (exact) mass is 538 g/mol. The van der Waals surface area contributed by atoms with Crippen LogP contribution >= 0.6 is 15.8 Å². The minimum absolute atomic E-state index is 0.0456. The molecule has 2 N–H and O–H groups in total. The summed E-state index contributed by atoms with van der Waals surface area (Å²) in [6.07, 6.45) is -0.417. The number of morpholine rings is 2. The summed E-state index contributed by atoms with van der Waals surface area (Å²) in [7, 11) is 0.533. The molecule has 1 aromatic rings. The number of ether oxygens (including phenoxy) is 2. The summed E-state index contributed by atoms with van der Waals surface area (Å²) in [4.78, 5) is 26.7. The fourth-order valence-corrected chi connectivity index (χ4v) is 6.28. The van der Waals surface area contributed by atoms with Crippen LogP contribution in [0.4, 0.5) is 0 Å². The molecule has 0 bridgehead atoms. The lowest BCUT2D eigenvalue weighted by molar-refractivity contribution is -0.119. The molecule has 0 aromatic carbocycles. The molecule has 0 amide bonds. The van der Waals surface area contributed by atoms with Crippen molar-refractivity contribution in [1.29, 1.82) is 0 Å². The highest BCUT2D eigenvalue weighted by Crippen LogP contribution is 2.54. The fraction of sp³-hybridized carbons (Fsp3) is 0.789. The first-order chi connectivity index (χ1) is 16.5. The van der Waals surface area contributed by atoms with Gasteiger partial charge in [-0.2, -0.15) is 0 Å². The predicted octanol–water partition coefficient (Wildman–Crippen LogP) is -0.313. The molecule has 1 aromatic heterocycles. The van der Waals surface area contributed by atoms with Gasteiger partial charge in [-0.15, -0.1) is 0 Å². The maximum Gasteiger partial charge on any atom is 0.345 e. The Hall–Kier alpha value is -1.18. The normalized spacial score (nSPS) is 26.7. The van der Waals surface area contributed by atoms with Gasteiger partial charge in [0.25, 0.3) is 13.7 Å². The van der Waals surface area contributed by atoms with E-state index in [2.05, 4.69) is 10.3 Å². The third-order valence-electron chi connectivity index (χ3n) is 5.64. The molecule has 2 saturated heterocycles. The van der Waals surface area contributed by atoms with Crippen LogP contribution in [0.15, 0.2) is 15.8 Å². The molecule has 0 spiro atoms. The average Bonchev–Trinajstić information content (AvgIpc) is 2.83. The summed E-state index contributed by atoms with van der Waals surface area (Å²) in [5.41, 5.74) is -0.826. The molecule has 35 heavy (non-hydrogen) atoms. The minimum atomic E-state index is -3.58. The van der Waals surface area contributed by atoms with Crippen molar-refractivity contribution in [2.45, 2.75) is 25.4 Å². The molecule has 2 fully saturated rings. The molecule has 5 atom stereocenters. The second-order valence-corrected chi connectivity index (χ2v) is 13.2. The van der Waals surface area contributed by atoms with Gasteiger partial charge in [0.05, 0.1) is 38.6 Å². The smallest absolute Gasteiger partial charge is 0.345 e. The lowest BCUT2D eigenvalue weighted by atomic mass is 10.3. The summed E-state index contributed by atoms with van der Waals surface area (Å²) in [6, 6.07) is 0. The zero-order chi connectivity index (χ0) is 25.8. The molecule has 16 heteroatoms. The van der Waals surface area contributed by atoms with E-state index in [0.29, 0.717) is 18.7 Å². The Bertz CT molecular complexity index is 1040. The first-order valence-corrected chi connectivity index (χ1v) is 14.1. The second-order valence-electron chi connectivity index (χ2n) is 8.86. The van der Waals surface area contributed by atoms with Crippen LogP contribution in [0.25, 0.3) is 0 Å². The Labute approximate surface area is 204 Å². The lowest BCUT2D eigenvalue weighted by Crippen LogP contribution is -2.50. The van der Waals surface area contributed by atoms with Crippen LogP contribution in [-0.4, -0.2) is 110 Å². The van der Waals surface area contributed by atoms with E-state index >= 15 is 0 Å². The SMILES string of the molecule is Cc1cn([C@H]2CN(P(=O)(OC[C@@H]3CNCCO3)N(C)C)C[C@@H](CO[PH](=O)N(C)C)O2)c(=O)[nH]c1=O. The molecule has 200 valence electrons. The summed E-state index contributed by atoms with van der Waals surface area (Å²) < 4.78 is 55.3. The van der Waals surface area contributed by atoms with E-state index < -0.39 is 39.4 Å². The van der Waals surface area contributed by atoms with Crippen molar-refractivity contribution >= 4 is 15.8 Å². The maximum atomic E-state index is 14.1. The van der Waals surface area contributed by atoms with E-state index in [4.69, 9.17) is 18.5 Å². The van der Waals surface area contributed by atoms with Gasteiger partial charge < -0.3 is 23.8 Å². The van der Waals surface area contributed by atoms with E-state index in [9.17, 15) is 18.7 Å². The minimum Gasteiger partial charge on any atom is -0.373 e. The van der Waals surface area contributed by atoms with Crippen molar-refractivity contribution in [2.75, 3.05) is 74.2 Å². The predicted molar refractivity (Wildman–Crippen MR) is 130 cm³/mol. The number of aromatic nitrogens is 2. The Morgan fingerprint density at radius 1 is 1.20 bits per heavy atom. The van der Waals surface area contributed by atoms with Crippen LogP contribution in [0, 0.1) is 6.92 Å². The number of rotatable bonds is 10. The molecular weight excluding hydrogens is 502 g/mol. The highest BCUT2D eigenvalue weighted by molar-refractivity contribution is 7.53. The molecule has 3 rings (SSSR count). The number of aryl methyl sites for hydroxylation is 1. The number of nitrogens with one attached hydrogen (secondary N) is 2. The van der Waals surface area contributed by atoms with Crippen LogP contribution < -0.4 is 16.6 Å². The Morgan fingerprint density at radius 3 is 2.57 bits per heavy atom. The molecule has 0 saturated carbocycles. The van der Waals surface area contributed by atoms with E-state index in [-0.39, 0.29) is 32.4 Å². The molecule has 3 heterocycles. The van der Waals surface area contributed by atoms with Crippen LogP contribution in [0.3, 0.4) is 0 Å². The zero-order valence-corrected chi connectivity index (χ0v) is 22.7. The van der Waals surface area contributed by atoms with Crippen LogP contribution in [-0.2, 0) is 27.7 Å². The third-order valence-corrected chi connectivity index (χ3v) is 9.32. The zero-order valence-electron chi connectivity index (χ0n) is 20.8. The van der Waals surface area contributed by atoms with Gasteiger partial charge in [-0.3, -0.25) is 23.5 Å². The van der Waals surface area contributed by atoms with Crippen LogP contribution in [0.5, 0.6) is 0 Å². The van der Waals surface area contributed by atoms with Crippen molar-refractivity contribution in [3.63, 3.8) is 0 Å². The van der Waals surface area contributed by atoms with E-state index in [0.717, 1.165) is 6.54 Å². The van der Waals surface area contributed by atoms with Gasteiger partial charge in [-0.05, 0) is 35.1 Å². The highest BCUT2D eigenvalue weighted by atomic mass is 31.2. The summed E-state index contributed by atoms with van der Waals surface area (Å²) >= 11 is 0. The molecule has 2 aliphatic rings. The van der Waals surface area contributed by atoms with Crippen LogP contribution in [0.2, 0.25) is 0 Å². The maximum absolute atomic E-state index is 14.1. The van der Waals surface area contributed by atoms with Crippen molar-refractivity contribution in [3.05, 3.63) is 32.6 Å². The molecular formula is C19H36N6O8P2. The number of nitrogens with zero attached hydrogens (tertiary/aromatic N) is 4. The van der Waals surface area contributed by atoms with Crippen molar-refractivity contribution < 1.29 is 27.7 Å². The standard InChI is InChI=1S/C19H36N6O8P2/c1-14-9-25(19(27)21-18(14)26)17-11-24(10-16(33-17)12-31-34(28)22(2)3)35(29,23(4)5)32-13-15-8-20-6-7-30-15/h9,15-17,20,34H,6-8,10-13H2,1-5H3,(H,21,26,27)/t15-,16-,17+,35?/m0/s1. The molecule has 2 unspecified atom stereocenters. The van der Waals surface area contributed by atoms with Gasteiger partial charge >= 0.3 is 13.4 Å². The van der Waals surface area contributed by atoms with Gasteiger partial charge in [0.2, 0.25) is 0 Å². The third kappa shape index (κ3) is 7.20. The van der Waals surface area contributed by atoms with Crippen molar-refractivity contribution in [3.8, 4) is 0 Å². The Morgan fingerprint density at radius 2 is 1.94 bits per heavy atom. The topological polar surface area (TPSA) is 148 Å². The largest absolute Gasteiger partial charge is 0.373 e. The van der Waals surface area contributed by atoms with E-state index in [1.54, 1.807) is 39.8 Å². The highest BCUT2D eigenvalue weighted by Gasteiger charge is 2.43. The summed E-state index contributed by atoms with van der Waals surface area (Å²) in [6.45, 7) is 3.70. The van der Waals surface area contributed by atoms with Crippen molar-refractivity contribution in [1.82, 2.24) is 28.9 Å². The molecule has 0 aliphatic carbocycles. The Kier molecular flexibility index (Phi) is 10.0. The van der Waals surface area contributed by atoms with Gasteiger partial charge in [0.1, 0.15) is 0 Å². The molecule has 14 nitrogen and oxygen atoms in total. The second kappa shape index (κ2) is 12.4. The summed E-state index contributed by atoms with van der Waals surface area (Å²) in [5.74, 6) is 0. The van der Waals surface area contributed by atoms with Gasteiger partial charge in [-0.25, -0.2) is 18.8 Å². The Balaban J connectivity index is 1.87. The summed E-state index contributed by atoms with van der Waals surface area (Å²) in [5, 5.41) is 3.21. The average molecular weight is 538 g/mol. The van der Waals surface area contributed by atoms with Crippen LogP contribution in [0.1, 0.15) is 11.8 Å². The van der Waals surface area contributed by atoms with Gasteiger partial charge in [0, 0.05) is 31.4 Å².